The Balaban J connectivity index is 2.94. The fourth-order valence-corrected chi connectivity index (χ4v) is 4.58. The maximum absolute atomic E-state index is 12.3. The summed E-state index contributed by atoms with van der Waals surface area (Å²) in [5.74, 6) is 0.356. The van der Waals surface area contributed by atoms with Crippen molar-refractivity contribution in [1.82, 2.24) is 4.31 Å². The lowest BCUT2D eigenvalue weighted by atomic mass is 10.2. The zero-order valence-electron chi connectivity index (χ0n) is 10.3. The van der Waals surface area contributed by atoms with E-state index in [4.69, 9.17) is 11.6 Å². The van der Waals surface area contributed by atoms with Crippen LogP contribution in [0.2, 0.25) is 0 Å². The van der Waals surface area contributed by atoms with Gasteiger partial charge in [-0.05, 0) is 25.5 Å². The van der Waals surface area contributed by atoms with Crippen molar-refractivity contribution in [2.24, 2.45) is 0 Å². The van der Waals surface area contributed by atoms with Crippen LogP contribution in [0.3, 0.4) is 0 Å². The van der Waals surface area contributed by atoms with Gasteiger partial charge >= 0.3 is 0 Å². The smallest absolute Gasteiger partial charge is 0.206 e. The van der Waals surface area contributed by atoms with E-state index in [0.717, 1.165) is 17.7 Å². The number of sulfonamides is 1. The van der Waals surface area contributed by atoms with Crippen LogP contribution in [0.1, 0.15) is 31.6 Å². The minimum absolute atomic E-state index is 0.0200. The Hall–Kier alpha value is -0.100. The van der Waals surface area contributed by atoms with Gasteiger partial charge in [0.25, 0.3) is 10.0 Å². The topological polar surface area (TPSA) is 37.4 Å². The van der Waals surface area contributed by atoms with Crippen LogP contribution in [0.25, 0.3) is 0 Å². The van der Waals surface area contributed by atoms with Gasteiger partial charge in [-0.15, -0.1) is 22.9 Å². The van der Waals surface area contributed by atoms with Crippen molar-refractivity contribution >= 4 is 33.0 Å². The third kappa shape index (κ3) is 3.44. The molecule has 3 nitrogen and oxygen atoms in total. The van der Waals surface area contributed by atoms with Gasteiger partial charge in [0, 0.05) is 18.0 Å². The quantitative estimate of drug-likeness (QED) is 0.755. The van der Waals surface area contributed by atoms with Gasteiger partial charge in [0.05, 0.1) is 5.88 Å². The van der Waals surface area contributed by atoms with Crippen LogP contribution in [0, 0.1) is 0 Å². The molecule has 98 valence electrons. The molecule has 0 aliphatic rings. The molecule has 0 bridgehead atoms. The number of halogens is 1. The molecule has 0 amide bonds. The first kappa shape index (κ1) is 15.0. The Morgan fingerprint density at radius 1 is 1.47 bits per heavy atom. The minimum atomic E-state index is -3.36. The Kier molecular flexibility index (Phi) is 5.44. The maximum Gasteiger partial charge on any atom is 0.252 e. The molecule has 0 aliphatic heterocycles. The molecule has 0 radical (unpaired) electrons. The van der Waals surface area contributed by atoms with E-state index < -0.39 is 10.0 Å². The van der Waals surface area contributed by atoms with E-state index >= 15 is 0 Å². The zero-order chi connectivity index (χ0) is 13.1. The van der Waals surface area contributed by atoms with Crippen LogP contribution in [0.4, 0.5) is 0 Å². The molecule has 0 aromatic carbocycles. The van der Waals surface area contributed by atoms with Crippen molar-refractivity contribution < 1.29 is 8.42 Å². The number of alkyl halides is 1. The molecular formula is C11H18ClNO2S2. The normalized spacial score (nSPS) is 14.2. The lowest BCUT2D eigenvalue weighted by molar-refractivity contribution is 0.369. The number of nitrogens with zero attached hydrogens (tertiary/aromatic N) is 1. The van der Waals surface area contributed by atoms with Gasteiger partial charge in [0.15, 0.2) is 0 Å². The summed E-state index contributed by atoms with van der Waals surface area (Å²) in [6.45, 7) is 3.98. The zero-order valence-corrected chi connectivity index (χ0v) is 12.7. The van der Waals surface area contributed by atoms with Crippen molar-refractivity contribution in [3.05, 3.63) is 17.0 Å². The highest BCUT2D eigenvalue weighted by atomic mass is 35.5. The van der Waals surface area contributed by atoms with Crippen LogP contribution in [0.5, 0.6) is 0 Å². The second-order valence-electron chi connectivity index (χ2n) is 4.01. The molecule has 0 saturated heterocycles. The van der Waals surface area contributed by atoms with Crippen molar-refractivity contribution in [3.8, 4) is 0 Å². The standard InChI is InChI=1S/C11H18ClNO2S2/c1-4-5-9(2)13(3)17(14,15)11-7-6-10(8-12)16-11/h6-7,9H,4-5,8H2,1-3H3. The molecule has 0 aliphatic carbocycles. The van der Waals surface area contributed by atoms with E-state index in [1.165, 1.54) is 15.6 Å². The van der Waals surface area contributed by atoms with Gasteiger partial charge in [-0.1, -0.05) is 13.3 Å². The number of thiophene rings is 1. The second kappa shape index (κ2) is 6.18. The summed E-state index contributed by atoms with van der Waals surface area (Å²) in [4.78, 5) is 0.877. The first-order valence-corrected chi connectivity index (χ1v) is 8.35. The largest absolute Gasteiger partial charge is 0.252 e. The van der Waals surface area contributed by atoms with Crippen molar-refractivity contribution in [3.63, 3.8) is 0 Å². The van der Waals surface area contributed by atoms with Gasteiger partial charge < -0.3 is 0 Å². The Labute approximate surface area is 112 Å². The van der Waals surface area contributed by atoms with Gasteiger partial charge in [0.2, 0.25) is 0 Å². The highest BCUT2D eigenvalue weighted by Gasteiger charge is 2.26. The monoisotopic (exact) mass is 295 g/mol. The molecule has 0 spiro atoms. The van der Waals surface area contributed by atoms with Crippen LogP contribution in [-0.2, 0) is 15.9 Å². The molecule has 1 atom stereocenters. The maximum atomic E-state index is 12.3. The molecule has 1 aromatic rings. The van der Waals surface area contributed by atoms with Crippen LogP contribution in [-0.4, -0.2) is 25.8 Å². The summed E-state index contributed by atoms with van der Waals surface area (Å²) in [5.41, 5.74) is 0. The average molecular weight is 296 g/mol. The summed E-state index contributed by atoms with van der Waals surface area (Å²) in [6.07, 6.45) is 1.84. The van der Waals surface area contributed by atoms with Crippen LogP contribution in [0.15, 0.2) is 16.3 Å². The highest BCUT2D eigenvalue weighted by Crippen LogP contribution is 2.26. The lowest BCUT2D eigenvalue weighted by Crippen LogP contribution is -2.34. The second-order valence-corrected chi connectivity index (χ2v) is 7.67. The Morgan fingerprint density at radius 2 is 2.12 bits per heavy atom. The minimum Gasteiger partial charge on any atom is -0.206 e. The molecule has 1 aromatic heterocycles. The summed E-state index contributed by atoms with van der Waals surface area (Å²) >= 11 is 6.93. The fourth-order valence-electron chi connectivity index (χ4n) is 1.55. The van der Waals surface area contributed by atoms with E-state index in [1.807, 2.05) is 13.8 Å². The molecule has 0 N–H and O–H groups in total. The summed E-state index contributed by atoms with van der Waals surface area (Å²) in [5, 5.41) is 0. The predicted molar refractivity (Wildman–Crippen MR) is 73.2 cm³/mol. The van der Waals surface area contributed by atoms with Crippen LogP contribution >= 0.6 is 22.9 Å². The average Bonchev–Trinajstić information content (AvgIpc) is 2.77. The Morgan fingerprint density at radius 3 is 2.59 bits per heavy atom. The van der Waals surface area contributed by atoms with E-state index in [2.05, 4.69) is 0 Å². The number of hydrogen-bond acceptors (Lipinski definition) is 3. The highest BCUT2D eigenvalue weighted by molar-refractivity contribution is 7.91. The molecule has 1 rings (SSSR count). The lowest BCUT2D eigenvalue weighted by Gasteiger charge is -2.23. The van der Waals surface area contributed by atoms with Crippen molar-refractivity contribution in [2.75, 3.05) is 7.05 Å². The number of hydrogen-bond donors (Lipinski definition) is 0. The fraction of sp³-hybridized carbons (Fsp3) is 0.636. The van der Waals surface area contributed by atoms with E-state index in [1.54, 1.807) is 19.2 Å². The molecule has 0 saturated carbocycles. The molecule has 6 heteroatoms. The third-order valence-electron chi connectivity index (χ3n) is 2.73. The predicted octanol–water partition coefficient (Wildman–Crippen LogP) is 3.30. The van der Waals surface area contributed by atoms with Crippen LogP contribution < -0.4 is 0 Å². The molecule has 1 heterocycles. The van der Waals surface area contributed by atoms with Gasteiger partial charge in [0.1, 0.15) is 4.21 Å². The van der Waals surface area contributed by atoms with Gasteiger partial charge in [-0.3, -0.25) is 0 Å². The molecular weight excluding hydrogens is 278 g/mol. The summed E-state index contributed by atoms with van der Waals surface area (Å²) in [6, 6.07) is 3.42. The van der Waals surface area contributed by atoms with E-state index in [-0.39, 0.29) is 6.04 Å². The first-order chi connectivity index (χ1) is 7.93. The van der Waals surface area contributed by atoms with Crippen molar-refractivity contribution in [2.45, 2.75) is 42.8 Å². The molecule has 0 fully saturated rings. The molecule has 1 unspecified atom stereocenters. The van der Waals surface area contributed by atoms with Gasteiger partial charge in [-0.25, -0.2) is 8.42 Å². The molecule has 17 heavy (non-hydrogen) atoms. The van der Waals surface area contributed by atoms with Crippen molar-refractivity contribution in [1.29, 1.82) is 0 Å². The van der Waals surface area contributed by atoms with E-state index in [0.29, 0.717) is 10.1 Å². The SMILES string of the molecule is CCCC(C)N(C)S(=O)(=O)c1ccc(CCl)s1. The third-order valence-corrected chi connectivity index (χ3v) is 6.70. The number of rotatable bonds is 6. The summed E-state index contributed by atoms with van der Waals surface area (Å²) < 4.78 is 26.4. The summed E-state index contributed by atoms with van der Waals surface area (Å²) in [7, 11) is -1.72. The Bertz CT molecular complexity index is 456. The first-order valence-electron chi connectivity index (χ1n) is 5.56. The van der Waals surface area contributed by atoms with E-state index in [9.17, 15) is 8.42 Å². The van der Waals surface area contributed by atoms with Gasteiger partial charge in [-0.2, -0.15) is 4.31 Å².